The zero-order chi connectivity index (χ0) is 15.9. The molecule has 2 amide bonds. The van der Waals surface area contributed by atoms with Gasteiger partial charge in [0.05, 0.1) is 6.61 Å². The second kappa shape index (κ2) is 7.93. The number of hydrogen-bond acceptors (Lipinski definition) is 3. The lowest BCUT2D eigenvalue weighted by Crippen LogP contribution is -2.33. The summed E-state index contributed by atoms with van der Waals surface area (Å²) in [4.78, 5) is 11.8. The second-order valence-corrected chi connectivity index (χ2v) is 5.25. The Morgan fingerprint density at radius 2 is 2.32 bits per heavy atom. The van der Waals surface area contributed by atoms with Gasteiger partial charge in [-0.05, 0) is 25.0 Å². The molecule has 1 aromatic rings. The first-order valence-electron chi connectivity index (χ1n) is 7.19. The highest BCUT2D eigenvalue weighted by Gasteiger charge is 2.16. The number of benzene rings is 1. The van der Waals surface area contributed by atoms with E-state index in [4.69, 9.17) is 9.47 Å². The fourth-order valence-electron chi connectivity index (χ4n) is 2.14. The van der Waals surface area contributed by atoms with Crippen molar-refractivity contribution in [3.05, 3.63) is 23.8 Å². The van der Waals surface area contributed by atoms with Crippen LogP contribution >= 0.6 is 0 Å². The number of alkyl halides is 2. The van der Waals surface area contributed by atoms with E-state index in [9.17, 15) is 13.6 Å². The molecule has 0 bridgehead atoms. The number of ether oxygens (including phenoxy) is 2. The van der Waals surface area contributed by atoms with Gasteiger partial charge in [0.2, 0.25) is 0 Å². The molecule has 5 nitrogen and oxygen atoms in total. The molecule has 1 atom stereocenters. The summed E-state index contributed by atoms with van der Waals surface area (Å²) < 4.78 is 34.6. The van der Waals surface area contributed by atoms with Crippen molar-refractivity contribution in [1.82, 2.24) is 5.32 Å². The Hall–Kier alpha value is -1.89. The Morgan fingerprint density at radius 1 is 1.50 bits per heavy atom. The van der Waals surface area contributed by atoms with Gasteiger partial charge in [-0.15, -0.1) is 0 Å². The lowest BCUT2D eigenvalue weighted by Gasteiger charge is -2.13. The number of rotatable bonds is 6. The summed E-state index contributed by atoms with van der Waals surface area (Å²) in [5.74, 6) is 0.677. The average Bonchev–Trinajstić information content (AvgIpc) is 2.99. The first kappa shape index (κ1) is 16.5. The predicted octanol–water partition coefficient (Wildman–Crippen LogP) is 2.80. The Balaban J connectivity index is 1.85. The van der Waals surface area contributed by atoms with Crippen LogP contribution in [0.1, 0.15) is 12.0 Å². The summed E-state index contributed by atoms with van der Waals surface area (Å²) in [6.07, 6.45) is -1.59. The summed E-state index contributed by atoms with van der Waals surface area (Å²) in [6, 6.07) is 4.61. The van der Waals surface area contributed by atoms with Crippen molar-refractivity contribution in [2.75, 3.05) is 31.7 Å². The highest BCUT2D eigenvalue weighted by Crippen LogP contribution is 2.23. The molecular formula is C15H20F2N2O3. The molecule has 22 heavy (non-hydrogen) atoms. The van der Waals surface area contributed by atoms with Gasteiger partial charge in [0, 0.05) is 30.8 Å². The third kappa shape index (κ3) is 5.14. The normalized spacial score (nSPS) is 17.5. The van der Waals surface area contributed by atoms with Crippen molar-refractivity contribution in [3.8, 4) is 5.75 Å². The van der Waals surface area contributed by atoms with Crippen LogP contribution in [0, 0.1) is 12.8 Å². The topological polar surface area (TPSA) is 59.6 Å². The Labute approximate surface area is 128 Å². The largest absolute Gasteiger partial charge is 0.487 e. The number of aryl methyl sites for hydroxylation is 1. The molecule has 1 aliphatic heterocycles. The lowest BCUT2D eigenvalue weighted by atomic mass is 10.1. The molecule has 1 aliphatic rings. The molecule has 0 unspecified atom stereocenters. The zero-order valence-corrected chi connectivity index (χ0v) is 12.4. The SMILES string of the molecule is Cc1ccc(NC(=O)NC[C@H]2CCOC2)cc1OCC(F)F. The van der Waals surface area contributed by atoms with Gasteiger partial charge in [-0.2, -0.15) is 0 Å². The highest BCUT2D eigenvalue weighted by molar-refractivity contribution is 5.89. The molecule has 2 N–H and O–H groups in total. The highest BCUT2D eigenvalue weighted by atomic mass is 19.3. The van der Waals surface area contributed by atoms with Crippen LogP contribution in [-0.4, -0.2) is 38.8 Å². The van der Waals surface area contributed by atoms with E-state index in [2.05, 4.69) is 10.6 Å². The number of anilines is 1. The molecule has 0 radical (unpaired) electrons. The minimum absolute atomic E-state index is 0.335. The van der Waals surface area contributed by atoms with Crippen LogP contribution in [0.25, 0.3) is 0 Å². The number of nitrogens with one attached hydrogen (secondary N) is 2. The molecule has 1 aromatic carbocycles. The van der Waals surface area contributed by atoms with Crippen LogP contribution in [0.3, 0.4) is 0 Å². The molecular weight excluding hydrogens is 294 g/mol. The lowest BCUT2D eigenvalue weighted by molar-refractivity contribution is 0.0816. The van der Waals surface area contributed by atoms with Crippen molar-refractivity contribution in [1.29, 1.82) is 0 Å². The van der Waals surface area contributed by atoms with Crippen molar-refractivity contribution in [2.45, 2.75) is 19.8 Å². The van der Waals surface area contributed by atoms with Gasteiger partial charge < -0.3 is 20.1 Å². The van der Waals surface area contributed by atoms with Crippen molar-refractivity contribution in [2.24, 2.45) is 5.92 Å². The standard InChI is InChI=1S/C15H20F2N2O3/c1-10-2-3-12(6-13(10)22-9-14(16)17)19-15(20)18-7-11-4-5-21-8-11/h2-3,6,11,14H,4-5,7-9H2,1H3,(H2,18,19,20)/t11-/m1/s1. The number of carbonyl (C=O) groups is 1. The summed E-state index contributed by atoms with van der Waals surface area (Å²) >= 11 is 0. The molecule has 7 heteroatoms. The van der Waals surface area contributed by atoms with Gasteiger partial charge in [0.15, 0.2) is 0 Å². The van der Waals surface area contributed by atoms with Crippen molar-refractivity contribution in [3.63, 3.8) is 0 Å². The van der Waals surface area contributed by atoms with Crippen molar-refractivity contribution >= 4 is 11.7 Å². The van der Waals surface area contributed by atoms with E-state index in [0.29, 0.717) is 30.5 Å². The fourth-order valence-corrected chi connectivity index (χ4v) is 2.14. The molecule has 2 rings (SSSR count). The van der Waals surface area contributed by atoms with E-state index >= 15 is 0 Å². The second-order valence-electron chi connectivity index (χ2n) is 5.25. The monoisotopic (exact) mass is 314 g/mol. The van der Waals surface area contributed by atoms with Gasteiger partial charge in [-0.3, -0.25) is 0 Å². The van der Waals surface area contributed by atoms with Crippen LogP contribution in [0.5, 0.6) is 5.75 Å². The summed E-state index contributed by atoms with van der Waals surface area (Å²) in [7, 11) is 0. The first-order valence-corrected chi connectivity index (χ1v) is 7.19. The van der Waals surface area contributed by atoms with Gasteiger partial charge in [-0.25, -0.2) is 13.6 Å². The minimum Gasteiger partial charge on any atom is -0.487 e. The van der Waals surface area contributed by atoms with E-state index in [0.717, 1.165) is 18.6 Å². The van der Waals surface area contributed by atoms with Gasteiger partial charge in [0.1, 0.15) is 12.4 Å². The molecule has 0 spiro atoms. The van der Waals surface area contributed by atoms with Crippen LogP contribution < -0.4 is 15.4 Å². The number of halogens is 2. The van der Waals surface area contributed by atoms with E-state index in [-0.39, 0.29) is 6.03 Å². The van der Waals surface area contributed by atoms with Gasteiger partial charge in [0.25, 0.3) is 6.43 Å². The number of urea groups is 1. The number of carbonyl (C=O) groups excluding carboxylic acids is 1. The molecule has 0 aromatic heterocycles. The first-order chi connectivity index (χ1) is 10.5. The summed E-state index contributed by atoms with van der Waals surface area (Å²) in [5, 5.41) is 5.43. The van der Waals surface area contributed by atoms with E-state index in [1.165, 1.54) is 6.07 Å². The van der Waals surface area contributed by atoms with Gasteiger partial charge in [-0.1, -0.05) is 6.07 Å². The molecule has 1 fully saturated rings. The minimum atomic E-state index is -2.53. The fraction of sp³-hybridized carbons (Fsp3) is 0.533. The molecule has 122 valence electrons. The molecule has 1 saturated heterocycles. The van der Waals surface area contributed by atoms with Gasteiger partial charge >= 0.3 is 6.03 Å². The molecule has 0 saturated carbocycles. The third-order valence-electron chi connectivity index (χ3n) is 3.39. The molecule has 0 aliphatic carbocycles. The van der Waals surface area contributed by atoms with Crippen LogP contribution in [0.4, 0.5) is 19.3 Å². The van der Waals surface area contributed by atoms with Crippen LogP contribution in [0.2, 0.25) is 0 Å². The van der Waals surface area contributed by atoms with E-state index in [1.54, 1.807) is 19.1 Å². The smallest absolute Gasteiger partial charge is 0.319 e. The predicted molar refractivity (Wildman–Crippen MR) is 78.6 cm³/mol. The maximum atomic E-state index is 12.2. The average molecular weight is 314 g/mol. The van der Waals surface area contributed by atoms with Crippen molar-refractivity contribution < 1.29 is 23.0 Å². The maximum Gasteiger partial charge on any atom is 0.319 e. The molecule has 1 heterocycles. The Kier molecular flexibility index (Phi) is 5.94. The van der Waals surface area contributed by atoms with E-state index in [1.807, 2.05) is 0 Å². The number of hydrogen-bond donors (Lipinski definition) is 2. The maximum absolute atomic E-state index is 12.2. The third-order valence-corrected chi connectivity index (χ3v) is 3.39. The van der Waals surface area contributed by atoms with Crippen LogP contribution in [-0.2, 0) is 4.74 Å². The summed E-state index contributed by atoms with van der Waals surface area (Å²) in [6.45, 7) is 3.03. The zero-order valence-electron chi connectivity index (χ0n) is 12.4. The summed E-state index contributed by atoms with van der Waals surface area (Å²) in [5.41, 5.74) is 1.23. The van der Waals surface area contributed by atoms with Crippen LogP contribution in [0.15, 0.2) is 18.2 Å². The Bertz CT molecular complexity index is 506. The van der Waals surface area contributed by atoms with E-state index < -0.39 is 13.0 Å². The quantitative estimate of drug-likeness (QED) is 0.849. The Morgan fingerprint density at radius 3 is 3.00 bits per heavy atom. The number of amides is 2.